The van der Waals surface area contributed by atoms with Gasteiger partial charge in [-0.3, -0.25) is 14.2 Å². The summed E-state index contributed by atoms with van der Waals surface area (Å²) in [6.45, 7) is 8.06. The Morgan fingerprint density at radius 1 is 1.00 bits per heavy atom. The zero-order valence-corrected chi connectivity index (χ0v) is 23.6. The SMILES string of the molecule is COc1cc(NC(=O)Cc2cccc(-n3c(=O)c4c(CC(C)C)onc4c4c(C)cccc43)c2)cc(C)c1OC. The fourth-order valence-electron chi connectivity index (χ4n) is 5.27. The number of nitrogens with zero attached hydrogens (tertiary/aromatic N) is 2. The maximum absolute atomic E-state index is 14.0. The van der Waals surface area contributed by atoms with E-state index in [0.29, 0.717) is 51.9 Å². The fraction of sp³-hybridized carbons (Fsp3) is 0.281. The first kappa shape index (κ1) is 27.0. The second kappa shape index (κ2) is 10.9. The molecule has 40 heavy (non-hydrogen) atoms. The highest BCUT2D eigenvalue weighted by Crippen LogP contribution is 2.34. The van der Waals surface area contributed by atoms with Crippen LogP contribution in [0.15, 0.2) is 63.9 Å². The van der Waals surface area contributed by atoms with Crippen LogP contribution in [0.3, 0.4) is 0 Å². The van der Waals surface area contributed by atoms with Crippen molar-refractivity contribution < 1.29 is 18.8 Å². The van der Waals surface area contributed by atoms with Crippen LogP contribution in [0.1, 0.15) is 36.3 Å². The van der Waals surface area contributed by atoms with Crippen LogP contribution in [0.5, 0.6) is 11.5 Å². The van der Waals surface area contributed by atoms with E-state index in [2.05, 4.69) is 24.3 Å². The number of ether oxygens (including phenoxy) is 2. The van der Waals surface area contributed by atoms with Crippen LogP contribution in [0.2, 0.25) is 0 Å². The molecular formula is C32H33N3O5. The van der Waals surface area contributed by atoms with Gasteiger partial charge in [-0.2, -0.15) is 0 Å². The van der Waals surface area contributed by atoms with Gasteiger partial charge in [0.2, 0.25) is 5.91 Å². The maximum Gasteiger partial charge on any atom is 0.268 e. The second-order valence-corrected chi connectivity index (χ2v) is 10.5. The summed E-state index contributed by atoms with van der Waals surface area (Å²) in [5.74, 6) is 1.87. The molecule has 0 fully saturated rings. The van der Waals surface area contributed by atoms with E-state index >= 15 is 0 Å². The normalized spacial score (nSPS) is 11.4. The highest BCUT2D eigenvalue weighted by molar-refractivity contribution is 6.06. The number of aromatic nitrogens is 2. The number of carbonyl (C=O) groups is 1. The van der Waals surface area contributed by atoms with Crippen LogP contribution >= 0.6 is 0 Å². The van der Waals surface area contributed by atoms with Crippen molar-refractivity contribution in [2.45, 2.75) is 40.5 Å². The Morgan fingerprint density at radius 2 is 1.77 bits per heavy atom. The Labute approximate surface area is 232 Å². The Kier molecular flexibility index (Phi) is 7.34. The minimum atomic E-state index is -0.189. The number of anilines is 1. The highest BCUT2D eigenvalue weighted by Gasteiger charge is 2.22. The minimum Gasteiger partial charge on any atom is -0.493 e. The van der Waals surface area contributed by atoms with Crippen molar-refractivity contribution in [3.05, 3.63) is 87.4 Å². The standard InChI is InChI=1S/C32H33N3O5/c1-18(2)13-25-29-30(34-40-25)28-19(3)9-7-12-24(28)35(32(29)37)23-11-8-10-21(15-23)16-27(36)33-22-14-20(4)31(39-6)26(17-22)38-5/h7-12,14-15,17-18H,13,16H2,1-6H3,(H,33,36). The van der Waals surface area contributed by atoms with Crippen molar-refractivity contribution in [3.63, 3.8) is 0 Å². The number of hydrogen-bond acceptors (Lipinski definition) is 6. The van der Waals surface area contributed by atoms with E-state index in [1.165, 1.54) is 0 Å². The Balaban J connectivity index is 1.54. The van der Waals surface area contributed by atoms with Crippen LogP contribution in [0.25, 0.3) is 27.5 Å². The van der Waals surface area contributed by atoms with Gasteiger partial charge in [-0.05, 0) is 60.7 Å². The third kappa shape index (κ3) is 4.93. The summed E-state index contributed by atoms with van der Waals surface area (Å²) in [4.78, 5) is 27.0. The molecule has 0 unspecified atom stereocenters. The molecule has 0 bridgehead atoms. The lowest BCUT2D eigenvalue weighted by atomic mass is 10.0. The van der Waals surface area contributed by atoms with Gasteiger partial charge in [0.05, 0.1) is 26.2 Å². The predicted octanol–water partition coefficient (Wildman–Crippen LogP) is 6.15. The van der Waals surface area contributed by atoms with Crippen molar-refractivity contribution in [3.8, 4) is 17.2 Å². The highest BCUT2D eigenvalue weighted by atomic mass is 16.5. The quantitative estimate of drug-likeness (QED) is 0.254. The fourth-order valence-corrected chi connectivity index (χ4v) is 5.27. The first-order chi connectivity index (χ1) is 19.2. The molecule has 0 saturated carbocycles. The number of methoxy groups -OCH3 is 2. The van der Waals surface area contributed by atoms with Gasteiger partial charge in [0.25, 0.3) is 5.56 Å². The number of amides is 1. The van der Waals surface area contributed by atoms with E-state index in [4.69, 9.17) is 14.0 Å². The van der Waals surface area contributed by atoms with Gasteiger partial charge in [0.15, 0.2) is 11.5 Å². The molecule has 0 aliphatic heterocycles. The Morgan fingerprint density at radius 3 is 2.50 bits per heavy atom. The van der Waals surface area contributed by atoms with Crippen molar-refractivity contribution in [2.24, 2.45) is 5.92 Å². The van der Waals surface area contributed by atoms with Crippen molar-refractivity contribution in [1.82, 2.24) is 9.72 Å². The zero-order chi connectivity index (χ0) is 28.6. The molecule has 206 valence electrons. The van der Waals surface area contributed by atoms with Crippen LogP contribution in [-0.4, -0.2) is 29.9 Å². The average Bonchev–Trinajstić information content (AvgIpc) is 3.31. The third-order valence-corrected chi connectivity index (χ3v) is 6.98. The van der Waals surface area contributed by atoms with Crippen molar-refractivity contribution in [2.75, 3.05) is 19.5 Å². The Bertz CT molecular complexity index is 1800. The zero-order valence-electron chi connectivity index (χ0n) is 23.6. The molecule has 0 saturated heterocycles. The lowest BCUT2D eigenvalue weighted by molar-refractivity contribution is -0.115. The summed E-state index contributed by atoms with van der Waals surface area (Å²) in [6, 6.07) is 16.9. The van der Waals surface area contributed by atoms with Gasteiger partial charge in [0, 0.05) is 29.2 Å². The molecular weight excluding hydrogens is 506 g/mol. The first-order valence-corrected chi connectivity index (χ1v) is 13.3. The molecule has 1 N–H and O–H groups in total. The largest absolute Gasteiger partial charge is 0.493 e. The molecule has 0 spiro atoms. The van der Waals surface area contributed by atoms with Gasteiger partial charge in [-0.25, -0.2) is 0 Å². The smallest absolute Gasteiger partial charge is 0.268 e. The molecule has 5 aromatic rings. The topological polar surface area (TPSA) is 95.6 Å². The first-order valence-electron chi connectivity index (χ1n) is 13.3. The molecule has 0 aliphatic rings. The van der Waals surface area contributed by atoms with E-state index in [1.54, 1.807) is 24.9 Å². The lowest BCUT2D eigenvalue weighted by Gasteiger charge is -2.15. The number of rotatable bonds is 8. The number of nitrogens with one attached hydrogen (secondary N) is 1. The molecule has 8 nitrogen and oxygen atoms in total. The summed E-state index contributed by atoms with van der Waals surface area (Å²) in [5.41, 5.74) is 5.05. The molecule has 2 aromatic heterocycles. The van der Waals surface area contributed by atoms with Gasteiger partial charge in [0.1, 0.15) is 16.7 Å². The van der Waals surface area contributed by atoms with Gasteiger partial charge < -0.3 is 19.3 Å². The molecule has 0 atom stereocenters. The number of carbonyl (C=O) groups excluding carboxylic acids is 1. The summed E-state index contributed by atoms with van der Waals surface area (Å²) in [7, 11) is 3.14. The lowest BCUT2D eigenvalue weighted by Crippen LogP contribution is -2.20. The average molecular weight is 540 g/mol. The summed E-state index contributed by atoms with van der Waals surface area (Å²) in [5, 5.41) is 8.65. The number of hydrogen-bond donors (Lipinski definition) is 1. The Hall–Kier alpha value is -4.59. The van der Waals surface area contributed by atoms with E-state index in [9.17, 15) is 9.59 Å². The van der Waals surface area contributed by atoms with Gasteiger partial charge >= 0.3 is 0 Å². The van der Waals surface area contributed by atoms with Crippen LogP contribution in [0, 0.1) is 19.8 Å². The predicted molar refractivity (Wildman–Crippen MR) is 157 cm³/mol. The molecule has 3 aromatic carbocycles. The molecule has 8 heteroatoms. The molecule has 0 aliphatic carbocycles. The number of aryl methyl sites for hydroxylation is 2. The molecule has 5 rings (SSSR count). The second-order valence-electron chi connectivity index (χ2n) is 10.5. The van der Waals surface area contributed by atoms with Crippen LogP contribution in [0.4, 0.5) is 5.69 Å². The summed E-state index contributed by atoms with van der Waals surface area (Å²) in [6.07, 6.45) is 0.736. The van der Waals surface area contributed by atoms with Crippen molar-refractivity contribution in [1.29, 1.82) is 0 Å². The summed E-state index contributed by atoms with van der Waals surface area (Å²) < 4.78 is 18.2. The number of pyridine rings is 1. The van der Waals surface area contributed by atoms with E-state index in [0.717, 1.165) is 27.6 Å². The van der Waals surface area contributed by atoms with Crippen molar-refractivity contribution >= 4 is 33.4 Å². The van der Waals surface area contributed by atoms with E-state index in [-0.39, 0.29) is 17.9 Å². The van der Waals surface area contributed by atoms with Crippen LogP contribution in [-0.2, 0) is 17.6 Å². The maximum atomic E-state index is 14.0. The third-order valence-electron chi connectivity index (χ3n) is 6.98. The molecule has 1 amide bonds. The van der Waals surface area contributed by atoms with E-state index in [1.807, 2.05) is 62.4 Å². The summed E-state index contributed by atoms with van der Waals surface area (Å²) >= 11 is 0. The molecule has 2 heterocycles. The van der Waals surface area contributed by atoms with Gasteiger partial charge in [-0.15, -0.1) is 0 Å². The number of benzene rings is 3. The van der Waals surface area contributed by atoms with E-state index < -0.39 is 0 Å². The van der Waals surface area contributed by atoms with Gasteiger partial charge in [-0.1, -0.05) is 43.3 Å². The molecule has 0 radical (unpaired) electrons. The minimum absolute atomic E-state index is 0.126. The van der Waals surface area contributed by atoms with Crippen LogP contribution < -0.4 is 20.3 Å². The monoisotopic (exact) mass is 539 g/mol. The number of fused-ring (bicyclic) bond motifs is 3.